The summed E-state index contributed by atoms with van der Waals surface area (Å²) in [7, 11) is 0. The molecule has 0 saturated heterocycles. The summed E-state index contributed by atoms with van der Waals surface area (Å²) in [4.78, 5) is 21.7. The highest BCUT2D eigenvalue weighted by Crippen LogP contribution is 2.33. The molecule has 2 N–H and O–H groups in total. The molecule has 0 aliphatic carbocycles. The lowest BCUT2D eigenvalue weighted by Crippen LogP contribution is -2.29. The lowest BCUT2D eigenvalue weighted by atomic mass is 10.0. The standard InChI is InChI=1S/C26H20N6O/c27-26(33)25(22-15-14-20(17-29-22)18-9-3-1-4-10-18)32-24(19-11-5-2-6-12-19)23(30-31-32)21-13-7-8-16-28-21/h1-17,25H,(H2,27,33). The van der Waals surface area contributed by atoms with Crippen molar-refractivity contribution in [3.05, 3.63) is 109 Å². The Balaban J connectivity index is 1.63. The molecule has 0 spiro atoms. The molecule has 3 aromatic heterocycles. The maximum Gasteiger partial charge on any atom is 0.248 e. The molecule has 5 rings (SSSR count). The summed E-state index contributed by atoms with van der Waals surface area (Å²) in [6.07, 6.45) is 3.43. The highest BCUT2D eigenvalue weighted by atomic mass is 16.1. The summed E-state index contributed by atoms with van der Waals surface area (Å²) < 4.78 is 1.53. The lowest BCUT2D eigenvalue weighted by molar-refractivity contribution is -0.120. The third-order valence-electron chi connectivity index (χ3n) is 5.34. The highest BCUT2D eigenvalue weighted by Gasteiger charge is 2.29. The van der Waals surface area contributed by atoms with Crippen LogP contribution >= 0.6 is 0 Å². The van der Waals surface area contributed by atoms with Crippen LogP contribution in [0.25, 0.3) is 33.8 Å². The Labute approximate surface area is 190 Å². The van der Waals surface area contributed by atoms with Crippen molar-refractivity contribution < 1.29 is 4.79 Å². The first-order valence-corrected chi connectivity index (χ1v) is 10.4. The zero-order valence-electron chi connectivity index (χ0n) is 17.6. The molecular formula is C26H20N6O. The van der Waals surface area contributed by atoms with Gasteiger partial charge in [0.2, 0.25) is 5.91 Å². The second kappa shape index (κ2) is 8.84. The maximum absolute atomic E-state index is 12.7. The number of hydrogen-bond donors (Lipinski definition) is 1. The Morgan fingerprint density at radius 3 is 2.06 bits per heavy atom. The Morgan fingerprint density at radius 2 is 1.45 bits per heavy atom. The first kappa shape index (κ1) is 20.3. The minimum absolute atomic E-state index is 0.483. The molecule has 1 atom stereocenters. The van der Waals surface area contributed by atoms with Crippen LogP contribution in [0.3, 0.4) is 0 Å². The smallest absolute Gasteiger partial charge is 0.248 e. The van der Waals surface area contributed by atoms with Gasteiger partial charge in [-0.15, -0.1) is 5.10 Å². The van der Waals surface area contributed by atoms with Crippen LogP contribution in [0.2, 0.25) is 0 Å². The number of nitrogens with two attached hydrogens (primary N) is 1. The van der Waals surface area contributed by atoms with E-state index in [2.05, 4.69) is 20.3 Å². The SMILES string of the molecule is NC(=O)C(c1ccc(-c2ccccc2)cn1)n1nnc(-c2ccccn2)c1-c1ccccc1. The molecular weight excluding hydrogens is 412 g/mol. The summed E-state index contributed by atoms with van der Waals surface area (Å²) in [5.41, 5.74) is 11.0. The van der Waals surface area contributed by atoms with E-state index < -0.39 is 11.9 Å². The molecule has 0 saturated carbocycles. The summed E-state index contributed by atoms with van der Waals surface area (Å²) in [6.45, 7) is 0. The number of carbonyl (C=O) groups excluding carboxylic acids is 1. The Hall–Kier alpha value is -4.65. The fourth-order valence-electron chi connectivity index (χ4n) is 3.77. The Morgan fingerprint density at radius 1 is 0.758 bits per heavy atom. The van der Waals surface area contributed by atoms with Crippen molar-refractivity contribution in [2.45, 2.75) is 6.04 Å². The van der Waals surface area contributed by atoms with E-state index >= 15 is 0 Å². The minimum atomic E-state index is -0.935. The Kier molecular flexibility index (Phi) is 5.43. The van der Waals surface area contributed by atoms with Crippen molar-refractivity contribution in [2.75, 3.05) is 0 Å². The molecule has 5 aromatic rings. The van der Waals surface area contributed by atoms with Crippen molar-refractivity contribution in [1.29, 1.82) is 0 Å². The van der Waals surface area contributed by atoms with E-state index in [1.807, 2.05) is 84.9 Å². The molecule has 7 nitrogen and oxygen atoms in total. The lowest BCUT2D eigenvalue weighted by Gasteiger charge is -2.17. The Bertz CT molecular complexity index is 1370. The first-order chi connectivity index (χ1) is 16.2. The molecule has 33 heavy (non-hydrogen) atoms. The van der Waals surface area contributed by atoms with Gasteiger partial charge in [-0.1, -0.05) is 78.0 Å². The van der Waals surface area contributed by atoms with Crippen LogP contribution in [0.1, 0.15) is 11.7 Å². The van der Waals surface area contributed by atoms with Crippen molar-refractivity contribution in [3.8, 4) is 33.8 Å². The fraction of sp³-hybridized carbons (Fsp3) is 0.0385. The average molecular weight is 432 g/mol. The highest BCUT2D eigenvalue weighted by molar-refractivity contribution is 5.84. The van der Waals surface area contributed by atoms with Crippen LogP contribution in [0.15, 0.2) is 103 Å². The van der Waals surface area contributed by atoms with Crippen molar-refractivity contribution in [3.63, 3.8) is 0 Å². The summed E-state index contributed by atoms with van der Waals surface area (Å²) in [5.74, 6) is -0.579. The van der Waals surface area contributed by atoms with E-state index in [4.69, 9.17) is 5.73 Å². The molecule has 160 valence electrons. The average Bonchev–Trinajstić information content (AvgIpc) is 3.30. The number of amides is 1. The molecule has 0 bridgehead atoms. The monoisotopic (exact) mass is 432 g/mol. The second-order valence-corrected chi connectivity index (χ2v) is 7.45. The van der Waals surface area contributed by atoms with Crippen molar-refractivity contribution in [1.82, 2.24) is 25.0 Å². The second-order valence-electron chi connectivity index (χ2n) is 7.45. The van der Waals surface area contributed by atoms with Gasteiger partial charge in [0, 0.05) is 23.5 Å². The third kappa shape index (κ3) is 3.99. The number of primary amides is 1. The van der Waals surface area contributed by atoms with Crippen molar-refractivity contribution in [2.24, 2.45) is 5.73 Å². The van der Waals surface area contributed by atoms with E-state index in [9.17, 15) is 4.79 Å². The normalized spacial score (nSPS) is 11.8. The number of carbonyl (C=O) groups is 1. The number of pyridine rings is 2. The first-order valence-electron chi connectivity index (χ1n) is 10.4. The molecule has 0 aliphatic heterocycles. The van der Waals surface area contributed by atoms with Crippen LogP contribution in [0.4, 0.5) is 0 Å². The molecule has 0 radical (unpaired) electrons. The van der Waals surface area contributed by atoms with Gasteiger partial charge in [-0.2, -0.15) is 0 Å². The van der Waals surface area contributed by atoms with Crippen molar-refractivity contribution >= 4 is 5.91 Å². The van der Waals surface area contributed by atoms with Crippen LogP contribution in [-0.2, 0) is 4.79 Å². The van der Waals surface area contributed by atoms with Gasteiger partial charge in [0.1, 0.15) is 5.69 Å². The van der Waals surface area contributed by atoms with Gasteiger partial charge >= 0.3 is 0 Å². The van der Waals surface area contributed by atoms with Gasteiger partial charge in [0.25, 0.3) is 0 Å². The van der Waals surface area contributed by atoms with Gasteiger partial charge in [0.15, 0.2) is 6.04 Å². The van der Waals surface area contributed by atoms with E-state index in [1.165, 1.54) is 4.68 Å². The summed E-state index contributed by atoms with van der Waals surface area (Å²) in [5, 5.41) is 8.70. The minimum Gasteiger partial charge on any atom is -0.367 e. The quantitative estimate of drug-likeness (QED) is 0.435. The van der Waals surface area contributed by atoms with Crippen LogP contribution in [0.5, 0.6) is 0 Å². The molecule has 3 heterocycles. The van der Waals surface area contributed by atoms with Crippen LogP contribution < -0.4 is 5.73 Å². The van der Waals surface area contributed by atoms with Gasteiger partial charge < -0.3 is 5.73 Å². The number of rotatable bonds is 6. The third-order valence-corrected chi connectivity index (χ3v) is 5.34. The molecule has 2 aromatic carbocycles. The van der Waals surface area contributed by atoms with Gasteiger partial charge in [-0.05, 0) is 23.8 Å². The molecule has 1 unspecified atom stereocenters. The number of benzene rings is 2. The van der Waals surface area contributed by atoms with Crippen LogP contribution in [0, 0.1) is 0 Å². The van der Waals surface area contributed by atoms with Gasteiger partial charge in [-0.25, -0.2) is 4.68 Å². The maximum atomic E-state index is 12.7. The summed E-state index contributed by atoms with van der Waals surface area (Å²) in [6, 6.07) is 27.9. The fourth-order valence-corrected chi connectivity index (χ4v) is 3.77. The molecule has 0 fully saturated rings. The molecule has 7 heteroatoms. The largest absolute Gasteiger partial charge is 0.367 e. The topological polar surface area (TPSA) is 99.6 Å². The predicted octanol–water partition coefficient (Wildman–Crippen LogP) is 4.14. The van der Waals surface area contributed by atoms with E-state index in [1.54, 1.807) is 18.5 Å². The van der Waals surface area contributed by atoms with Gasteiger partial charge in [0.05, 0.1) is 17.1 Å². The van der Waals surface area contributed by atoms with E-state index in [-0.39, 0.29) is 0 Å². The number of aromatic nitrogens is 5. The summed E-state index contributed by atoms with van der Waals surface area (Å²) >= 11 is 0. The number of nitrogens with zero attached hydrogens (tertiary/aromatic N) is 5. The zero-order chi connectivity index (χ0) is 22.6. The molecule has 1 amide bonds. The van der Waals surface area contributed by atoms with E-state index in [0.717, 1.165) is 16.7 Å². The molecule has 0 aliphatic rings. The zero-order valence-corrected chi connectivity index (χ0v) is 17.6. The van der Waals surface area contributed by atoms with Crippen LogP contribution in [-0.4, -0.2) is 30.9 Å². The van der Waals surface area contributed by atoms with Gasteiger partial charge in [-0.3, -0.25) is 14.8 Å². The number of hydrogen-bond acceptors (Lipinski definition) is 5. The predicted molar refractivity (Wildman–Crippen MR) is 126 cm³/mol. The van der Waals surface area contributed by atoms with E-state index in [0.29, 0.717) is 22.8 Å².